The molecule has 1 aliphatic rings. The van der Waals surface area contributed by atoms with Gasteiger partial charge < -0.3 is 5.32 Å². The first-order valence-electron chi connectivity index (χ1n) is 10.3. The first kappa shape index (κ1) is 21.1. The van der Waals surface area contributed by atoms with Crippen molar-refractivity contribution >= 4 is 34.9 Å². The Balaban J connectivity index is 1.49. The molecule has 1 aliphatic carbocycles. The third kappa shape index (κ3) is 5.33. The zero-order valence-corrected chi connectivity index (χ0v) is 18.2. The van der Waals surface area contributed by atoms with Crippen LogP contribution in [0.2, 0.25) is 0 Å². The van der Waals surface area contributed by atoms with Crippen molar-refractivity contribution in [2.45, 2.75) is 17.7 Å². The van der Waals surface area contributed by atoms with Crippen LogP contribution in [0.3, 0.4) is 0 Å². The molecule has 3 aromatic rings. The number of rotatable bonds is 7. The number of carbonyl (C=O) groups excluding carboxylic acids is 1. The number of hydrogen-bond donors (Lipinski definition) is 1. The largest absolute Gasteiger partial charge is 0.355 e. The van der Waals surface area contributed by atoms with Crippen LogP contribution in [0.15, 0.2) is 83.8 Å². The molecule has 3 aromatic carbocycles. The monoisotopic (exact) mass is 429 g/mol. The molecule has 0 aliphatic heterocycles. The maximum atomic E-state index is 14.0. The lowest BCUT2D eigenvalue weighted by atomic mass is 10.0. The second-order valence-electron chi connectivity index (χ2n) is 7.49. The third-order valence-corrected chi connectivity index (χ3v) is 6.08. The van der Waals surface area contributed by atoms with Crippen molar-refractivity contribution < 1.29 is 9.18 Å². The van der Waals surface area contributed by atoms with Crippen molar-refractivity contribution in [3.63, 3.8) is 0 Å². The molecule has 31 heavy (non-hydrogen) atoms. The van der Waals surface area contributed by atoms with Crippen LogP contribution in [0.1, 0.15) is 28.7 Å². The Labute approximate surface area is 186 Å². The predicted octanol–water partition coefficient (Wildman–Crippen LogP) is 6.23. The van der Waals surface area contributed by atoms with Gasteiger partial charge in [-0.1, -0.05) is 48.5 Å². The standard InChI is InChI=1S/C27H24FNOS/c1-31-24-10-7-20(8-11-24)15-21-16-22(26-18-23(28)9-12-25(21)26)17-27(30)29-14-13-19-5-3-2-4-6-19/h2-12,15-16,18H,13-14,17H2,1H3,(H,29,30). The lowest BCUT2D eigenvalue weighted by molar-refractivity contribution is -0.120. The van der Waals surface area contributed by atoms with Gasteiger partial charge in [0.25, 0.3) is 0 Å². The van der Waals surface area contributed by atoms with E-state index < -0.39 is 0 Å². The van der Waals surface area contributed by atoms with Crippen molar-refractivity contribution in [2.75, 3.05) is 12.8 Å². The summed E-state index contributed by atoms with van der Waals surface area (Å²) < 4.78 is 14.0. The number of allylic oxidation sites excluding steroid dienone is 2. The highest BCUT2D eigenvalue weighted by Gasteiger charge is 2.21. The lowest BCUT2D eigenvalue weighted by Crippen LogP contribution is -2.25. The summed E-state index contributed by atoms with van der Waals surface area (Å²) in [4.78, 5) is 13.8. The molecule has 0 heterocycles. The van der Waals surface area contributed by atoms with Crippen molar-refractivity contribution in [3.8, 4) is 0 Å². The van der Waals surface area contributed by atoms with Gasteiger partial charge in [0, 0.05) is 11.4 Å². The van der Waals surface area contributed by atoms with Crippen molar-refractivity contribution in [1.29, 1.82) is 0 Å². The van der Waals surface area contributed by atoms with E-state index in [-0.39, 0.29) is 18.1 Å². The summed E-state index contributed by atoms with van der Waals surface area (Å²) in [5, 5.41) is 2.99. The van der Waals surface area contributed by atoms with E-state index in [0.717, 1.165) is 34.3 Å². The van der Waals surface area contributed by atoms with Gasteiger partial charge in [0.05, 0.1) is 6.42 Å². The molecule has 0 saturated carbocycles. The zero-order valence-electron chi connectivity index (χ0n) is 17.4. The van der Waals surface area contributed by atoms with Gasteiger partial charge in [-0.2, -0.15) is 0 Å². The fraction of sp³-hybridized carbons (Fsp3) is 0.148. The number of hydrogen-bond acceptors (Lipinski definition) is 2. The fourth-order valence-electron chi connectivity index (χ4n) is 3.75. The molecule has 2 nitrogen and oxygen atoms in total. The van der Waals surface area contributed by atoms with E-state index >= 15 is 0 Å². The minimum absolute atomic E-state index is 0.0528. The highest BCUT2D eigenvalue weighted by atomic mass is 32.2. The molecule has 0 aromatic heterocycles. The summed E-state index contributed by atoms with van der Waals surface area (Å²) in [6.07, 6.45) is 7.15. The van der Waals surface area contributed by atoms with E-state index in [1.807, 2.05) is 36.4 Å². The van der Waals surface area contributed by atoms with E-state index in [2.05, 4.69) is 41.9 Å². The molecule has 0 fully saturated rings. The van der Waals surface area contributed by atoms with Gasteiger partial charge in [-0.25, -0.2) is 4.39 Å². The Morgan fingerprint density at radius 2 is 1.77 bits per heavy atom. The Morgan fingerprint density at radius 1 is 1.00 bits per heavy atom. The van der Waals surface area contributed by atoms with Crippen LogP contribution < -0.4 is 5.32 Å². The van der Waals surface area contributed by atoms with Crippen LogP contribution in [0.25, 0.3) is 17.2 Å². The van der Waals surface area contributed by atoms with Crippen molar-refractivity contribution in [2.24, 2.45) is 0 Å². The number of halogens is 1. The molecule has 4 rings (SSSR count). The maximum absolute atomic E-state index is 14.0. The normalized spacial score (nSPS) is 13.7. The smallest absolute Gasteiger partial charge is 0.224 e. The first-order chi connectivity index (χ1) is 15.1. The van der Waals surface area contributed by atoms with Gasteiger partial charge in [-0.15, -0.1) is 11.8 Å². The number of nitrogens with one attached hydrogen (secondary N) is 1. The van der Waals surface area contributed by atoms with Gasteiger partial charge >= 0.3 is 0 Å². The van der Waals surface area contributed by atoms with E-state index in [1.165, 1.54) is 22.6 Å². The van der Waals surface area contributed by atoms with Crippen LogP contribution in [0.4, 0.5) is 4.39 Å². The molecule has 0 atom stereocenters. The molecule has 0 radical (unpaired) electrons. The van der Waals surface area contributed by atoms with Gasteiger partial charge in [0.15, 0.2) is 0 Å². The zero-order chi connectivity index (χ0) is 21.6. The average molecular weight is 430 g/mol. The molecule has 0 spiro atoms. The Bertz CT molecular complexity index is 1130. The van der Waals surface area contributed by atoms with Crippen LogP contribution in [-0.2, 0) is 11.2 Å². The summed E-state index contributed by atoms with van der Waals surface area (Å²) >= 11 is 1.70. The van der Waals surface area contributed by atoms with Crippen LogP contribution in [0, 0.1) is 5.82 Å². The molecule has 1 amide bonds. The van der Waals surface area contributed by atoms with E-state index in [1.54, 1.807) is 17.8 Å². The van der Waals surface area contributed by atoms with Crippen molar-refractivity contribution in [3.05, 3.63) is 107 Å². The fourth-order valence-corrected chi connectivity index (χ4v) is 4.16. The highest BCUT2D eigenvalue weighted by Crippen LogP contribution is 2.38. The SMILES string of the molecule is CSc1ccc(C=C2C=C(CC(=O)NCCc3ccccc3)c3cc(F)ccc32)cc1. The Hall–Kier alpha value is -3.11. The average Bonchev–Trinajstić information content (AvgIpc) is 3.11. The minimum Gasteiger partial charge on any atom is -0.355 e. The highest BCUT2D eigenvalue weighted by molar-refractivity contribution is 7.98. The first-order valence-corrected chi connectivity index (χ1v) is 11.5. The lowest BCUT2D eigenvalue weighted by Gasteiger charge is -2.08. The van der Waals surface area contributed by atoms with Crippen LogP contribution in [-0.4, -0.2) is 18.7 Å². The Kier molecular flexibility index (Phi) is 6.68. The summed E-state index contributed by atoms with van der Waals surface area (Å²) in [6, 6.07) is 23.2. The number of benzene rings is 3. The topological polar surface area (TPSA) is 29.1 Å². The Morgan fingerprint density at radius 3 is 2.52 bits per heavy atom. The minimum atomic E-state index is -0.292. The molecule has 156 valence electrons. The van der Waals surface area contributed by atoms with Crippen LogP contribution in [0.5, 0.6) is 0 Å². The van der Waals surface area contributed by atoms with Gasteiger partial charge in [0.1, 0.15) is 5.82 Å². The molecule has 0 unspecified atom stereocenters. The number of carbonyl (C=O) groups is 1. The van der Waals surface area contributed by atoms with E-state index in [9.17, 15) is 9.18 Å². The van der Waals surface area contributed by atoms with E-state index in [4.69, 9.17) is 0 Å². The quantitative estimate of drug-likeness (QED) is 0.451. The molecule has 1 N–H and O–H groups in total. The molecular weight excluding hydrogens is 405 g/mol. The summed E-state index contributed by atoms with van der Waals surface area (Å²) in [7, 11) is 0. The van der Waals surface area contributed by atoms with Gasteiger partial charge in [-0.05, 0) is 82.5 Å². The molecular formula is C27H24FNOS. The van der Waals surface area contributed by atoms with Crippen LogP contribution >= 0.6 is 11.8 Å². The van der Waals surface area contributed by atoms with Gasteiger partial charge in [-0.3, -0.25) is 4.79 Å². The second kappa shape index (κ2) is 9.80. The number of fused-ring (bicyclic) bond motifs is 1. The van der Waals surface area contributed by atoms with E-state index in [0.29, 0.717) is 6.54 Å². The summed E-state index contributed by atoms with van der Waals surface area (Å²) in [6.45, 7) is 0.580. The molecule has 0 bridgehead atoms. The second-order valence-corrected chi connectivity index (χ2v) is 8.37. The van der Waals surface area contributed by atoms with Gasteiger partial charge in [0.2, 0.25) is 5.91 Å². The summed E-state index contributed by atoms with van der Waals surface area (Å²) in [5.41, 5.74) is 5.87. The third-order valence-electron chi connectivity index (χ3n) is 5.34. The predicted molar refractivity (Wildman–Crippen MR) is 128 cm³/mol. The number of thioether (sulfide) groups is 1. The number of amides is 1. The van der Waals surface area contributed by atoms with Crippen molar-refractivity contribution in [1.82, 2.24) is 5.32 Å². The summed E-state index contributed by atoms with van der Waals surface area (Å²) in [5.74, 6) is -0.345. The molecule has 0 saturated heterocycles. The maximum Gasteiger partial charge on any atom is 0.224 e. The molecule has 4 heteroatoms.